The van der Waals surface area contributed by atoms with Crippen LogP contribution >= 0.6 is 22.6 Å². The molecule has 4 nitrogen and oxygen atoms in total. The second-order valence-electron chi connectivity index (χ2n) is 11.4. The molecule has 2 aromatic heterocycles. The first-order valence-electron chi connectivity index (χ1n) is 14.5. The van der Waals surface area contributed by atoms with Gasteiger partial charge in [0.15, 0.2) is 0 Å². The highest BCUT2D eigenvalue weighted by Crippen LogP contribution is 2.58. The predicted octanol–water partition coefficient (Wildman–Crippen LogP) is 6.57. The Morgan fingerprint density at radius 1 is 0.744 bits per heavy atom. The zero-order valence-corrected chi connectivity index (χ0v) is 25.8. The lowest BCUT2D eigenvalue weighted by molar-refractivity contribution is 0.615. The number of nitrogens with one attached hydrogen (secondary N) is 1. The highest BCUT2D eigenvalue weighted by Gasteiger charge is 2.59. The van der Waals surface area contributed by atoms with Crippen molar-refractivity contribution in [1.29, 1.82) is 0 Å². The minimum Gasteiger partial charge on any atom is -0.367 e. The number of para-hydroxylation sites is 1. The third-order valence-corrected chi connectivity index (χ3v) is 9.31. The van der Waals surface area contributed by atoms with Gasteiger partial charge in [0.25, 0.3) is 0 Å². The van der Waals surface area contributed by atoms with Gasteiger partial charge in [0.1, 0.15) is 23.0 Å². The van der Waals surface area contributed by atoms with Crippen molar-refractivity contribution < 1.29 is 8.78 Å². The monoisotopic (exact) mass is 684 g/mol. The van der Waals surface area contributed by atoms with Crippen LogP contribution < -0.4 is 10.2 Å². The number of piperidine rings is 2. The summed E-state index contributed by atoms with van der Waals surface area (Å²) in [6.07, 6.45) is 5.95. The summed E-state index contributed by atoms with van der Waals surface area (Å²) in [4.78, 5) is 10.6. The van der Waals surface area contributed by atoms with Gasteiger partial charge in [-0.25, -0.2) is 18.7 Å². The van der Waals surface area contributed by atoms with Crippen molar-refractivity contribution in [3.63, 3.8) is 0 Å². The minimum absolute atomic E-state index is 0.0415. The van der Waals surface area contributed by atoms with Crippen molar-refractivity contribution in [2.75, 3.05) is 31.1 Å². The highest BCUT2D eigenvalue weighted by molar-refractivity contribution is 14.1. The normalized spacial score (nSPS) is 25.1. The van der Waals surface area contributed by atoms with Crippen LogP contribution in [0.25, 0.3) is 0 Å². The van der Waals surface area contributed by atoms with Gasteiger partial charge in [0, 0.05) is 41.0 Å². The number of halogens is 3. The zero-order valence-electron chi connectivity index (χ0n) is 23.6. The summed E-state index contributed by atoms with van der Waals surface area (Å²) >= 11 is 1.95. The van der Waals surface area contributed by atoms with Gasteiger partial charge in [-0.2, -0.15) is 0 Å². The summed E-state index contributed by atoms with van der Waals surface area (Å²) < 4.78 is 26.9. The largest absolute Gasteiger partial charge is 0.367 e. The number of benzene rings is 2. The van der Waals surface area contributed by atoms with Crippen molar-refractivity contribution in [3.05, 3.63) is 124 Å². The number of hydrogen-bond donors (Lipinski definition) is 1. The second-order valence-corrected chi connectivity index (χ2v) is 12.6. The van der Waals surface area contributed by atoms with Crippen molar-refractivity contribution in [2.24, 2.45) is 22.7 Å². The van der Waals surface area contributed by atoms with E-state index in [1.165, 1.54) is 18.6 Å². The smallest absolute Gasteiger partial charge is 0.146 e. The summed E-state index contributed by atoms with van der Waals surface area (Å²) in [7, 11) is 0. The van der Waals surface area contributed by atoms with Crippen LogP contribution in [0.5, 0.6) is 0 Å². The summed E-state index contributed by atoms with van der Waals surface area (Å²) in [5, 5.41) is 3.38. The molecule has 4 aliphatic rings. The third kappa shape index (κ3) is 7.06. The fraction of sp³-hybridized carbons (Fsp3) is 0.278. The molecule has 4 aromatic rings. The van der Waals surface area contributed by atoms with E-state index in [-0.39, 0.29) is 17.0 Å². The minimum atomic E-state index is -0.147. The molecule has 4 unspecified atom stereocenters. The SMILES string of the molecule is C(#CC12CNCC1C2)c1ccccn1.Fc1ccccc1I.Fc1ccccc1N1CC2CC2(C#Cc2ccccn2)C1. The fourth-order valence-corrected chi connectivity index (χ4v) is 6.18. The summed E-state index contributed by atoms with van der Waals surface area (Å²) in [5.74, 6) is 14.2. The average molecular weight is 685 g/mol. The van der Waals surface area contributed by atoms with Gasteiger partial charge in [-0.3, -0.25) is 0 Å². The predicted molar refractivity (Wildman–Crippen MR) is 174 cm³/mol. The van der Waals surface area contributed by atoms with Gasteiger partial charge in [0.2, 0.25) is 0 Å². The maximum atomic E-state index is 13.9. The summed E-state index contributed by atoms with van der Waals surface area (Å²) in [6, 6.07) is 25.3. The Morgan fingerprint density at radius 3 is 1.88 bits per heavy atom. The Hall–Kier alpha value is -3.79. The summed E-state index contributed by atoms with van der Waals surface area (Å²) in [6.45, 7) is 3.94. The molecule has 7 heteroatoms. The van der Waals surface area contributed by atoms with Crippen molar-refractivity contribution in [3.8, 4) is 23.7 Å². The first-order chi connectivity index (χ1) is 21.0. The molecule has 2 saturated heterocycles. The Labute approximate surface area is 265 Å². The lowest BCUT2D eigenvalue weighted by atomic mass is 10.1. The van der Waals surface area contributed by atoms with Crippen LogP contribution in [0.3, 0.4) is 0 Å². The van der Waals surface area contributed by atoms with Gasteiger partial charge >= 0.3 is 0 Å². The molecule has 1 N–H and O–H groups in total. The Morgan fingerprint density at radius 2 is 1.35 bits per heavy atom. The van der Waals surface area contributed by atoms with E-state index in [1.54, 1.807) is 30.6 Å². The molecule has 2 aromatic carbocycles. The maximum Gasteiger partial charge on any atom is 0.146 e. The average Bonchev–Trinajstić information content (AvgIpc) is 3.82. The molecule has 2 aliphatic heterocycles. The van der Waals surface area contributed by atoms with Gasteiger partial charge in [-0.05, 0) is 114 Å². The molecule has 2 aliphatic carbocycles. The van der Waals surface area contributed by atoms with E-state index in [9.17, 15) is 8.78 Å². The first-order valence-corrected chi connectivity index (χ1v) is 15.5. The van der Waals surface area contributed by atoms with E-state index in [4.69, 9.17) is 0 Å². The zero-order chi connectivity index (χ0) is 29.7. The molecule has 0 bridgehead atoms. The molecule has 0 radical (unpaired) electrons. The molecule has 0 amide bonds. The first kappa shape index (κ1) is 29.3. The number of nitrogens with zero attached hydrogens (tertiary/aromatic N) is 3. The quantitative estimate of drug-likeness (QED) is 0.182. The van der Waals surface area contributed by atoms with E-state index in [2.05, 4.69) is 43.9 Å². The van der Waals surface area contributed by atoms with Crippen LogP contribution in [0.2, 0.25) is 0 Å². The molecule has 8 rings (SSSR count). The van der Waals surface area contributed by atoms with Gasteiger partial charge in [0.05, 0.1) is 11.1 Å². The number of aromatic nitrogens is 2. The van der Waals surface area contributed by atoms with Crippen molar-refractivity contribution in [2.45, 2.75) is 12.8 Å². The molecule has 2 saturated carbocycles. The molecule has 4 fully saturated rings. The second kappa shape index (κ2) is 12.8. The summed E-state index contributed by atoms with van der Waals surface area (Å²) in [5.41, 5.74) is 2.74. The fourth-order valence-electron chi connectivity index (χ4n) is 5.79. The number of anilines is 1. The number of hydrogen-bond acceptors (Lipinski definition) is 4. The van der Waals surface area contributed by atoms with E-state index in [0.29, 0.717) is 20.6 Å². The Bertz CT molecular complexity index is 1670. The number of rotatable bonds is 1. The highest BCUT2D eigenvalue weighted by atomic mass is 127. The topological polar surface area (TPSA) is 41.1 Å². The van der Waals surface area contributed by atoms with E-state index >= 15 is 0 Å². The van der Waals surface area contributed by atoms with E-state index < -0.39 is 0 Å². The molecule has 43 heavy (non-hydrogen) atoms. The standard InChI is InChI=1S/C18H15FN2.C12H12N2.C6H4FI/c19-16-6-1-2-7-17(16)21-12-14-11-18(14,13-21)9-8-15-5-3-4-10-20-15;1-2-6-14-11(3-1)4-5-12-7-10(12)8-13-9-12;7-5-3-1-2-4-6(5)8/h1-7,10,14H,11-13H2;1-3,6,10,13H,7-9H2;1-4H. The van der Waals surface area contributed by atoms with Gasteiger partial charge < -0.3 is 10.2 Å². The molecular weight excluding hydrogens is 653 g/mol. The molecule has 216 valence electrons. The van der Waals surface area contributed by atoms with Crippen LogP contribution in [-0.4, -0.2) is 36.1 Å². The van der Waals surface area contributed by atoms with E-state index in [0.717, 1.165) is 49.9 Å². The van der Waals surface area contributed by atoms with Crippen LogP contribution in [0.4, 0.5) is 14.5 Å². The van der Waals surface area contributed by atoms with Crippen LogP contribution in [-0.2, 0) is 0 Å². The van der Waals surface area contributed by atoms with Crippen LogP contribution in [0.1, 0.15) is 24.2 Å². The van der Waals surface area contributed by atoms with Gasteiger partial charge in [-0.1, -0.05) is 48.2 Å². The molecule has 0 spiro atoms. The van der Waals surface area contributed by atoms with E-state index in [1.807, 2.05) is 77.2 Å². The Kier molecular flexibility index (Phi) is 8.74. The molecule has 4 heterocycles. The van der Waals surface area contributed by atoms with Crippen molar-refractivity contribution >= 4 is 28.3 Å². The Balaban J connectivity index is 0.000000128. The van der Waals surface area contributed by atoms with Crippen molar-refractivity contribution in [1.82, 2.24) is 15.3 Å². The molecule has 4 atom stereocenters. The van der Waals surface area contributed by atoms with Crippen LogP contribution in [0.15, 0.2) is 97.3 Å². The van der Waals surface area contributed by atoms with Gasteiger partial charge in [-0.15, -0.1) is 0 Å². The lowest BCUT2D eigenvalue weighted by Crippen LogP contribution is -2.25. The maximum absolute atomic E-state index is 13.9. The number of pyridine rings is 2. The number of fused-ring (bicyclic) bond motifs is 2. The van der Waals surface area contributed by atoms with Crippen LogP contribution in [0, 0.1) is 61.6 Å². The third-order valence-electron chi connectivity index (χ3n) is 8.44. The molecular formula is C36H31F2IN4. The lowest BCUT2D eigenvalue weighted by Gasteiger charge is -2.21.